The fourth-order valence-electron chi connectivity index (χ4n) is 3.07. The van der Waals surface area contributed by atoms with Crippen molar-refractivity contribution >= 4 is 27.9 Å². The van der Waals surface area contributed by atoms with Gasteiger partial charge in [-0.3, -0.25) is 0 Å². The molecule has 0 radical (unpaired) electrons. The third-order valence-corrected chi connectivity index (χ3v) is 4.96. The maximum absolute atomic E-state index is 11.4. The van der Waals surface area contributed by atoms with Crippen LogP contribution in [0.5, 0.6) is 0 Å². The molecule has 2 unspecified atom stereocenters. The van der Waals surface area contributed by atoms with Gasteiger partial charge in [0.25, 0.3) is 4.96 Å². The van der Waals surface area contributed by atoms with Gasteiger partial charge in [-0.15, -0.1) is 0 Å². The fraction of sp³-hybridized carbons (Fsp3) is 0.312. The largest absolute Gasteiger partial charge is 0.373 e. The number of rotatable bonds is 4. The number of nitrogens with zero attached hydrogens (tertiary/aromatic N) is 3. The first kappa shape index (κ1) is 15.1. The molecule has 1 saturated heterocycles. The van der Waals surface area contributed by atoms with Crippen molar-refractivity contribution in [2.75, 3.05) is 11.9 Å². The number of benzene rings is 1. The van der Waals surface area contributed by atoms with E-state index in [0.29, 0.717) is 17.4 Å². The van der Waals surface area contributed by atoms with E-state index in [1.165, 1.54) is 15.7 Å². The van der Waals surface area contributed by atoms with Gasteiger partial charge in [-0.2, -0.15) is 9.38 Å². The van der Waals surface area contributed by atoms with E-state index < -0.39 is 0 Å². The van der Waals surface area contributed by atoms with Gasteiger partial charge >= 0.3 is 5.82 Å². The highest BCUT2D eigenvalue weighted by atomic mass is 32.1. The van der Waals surface area contributed by atoms with Gasteiger partial charge in [0.1, 0.15) is 6.20 Å². The Labute approximate surface area is 142 Å². The minimum absolute atomic E-state index is 0.000221. The molecule has 3 heterocycles. The van der Waals surface area contributed by atoms with E-state index in [1.807, 2.05) is 30.3 Å². The molecule has 0 amide bonds. The van der Waals surface area contributed by atoms with Crippen LogP contribution in [0.4, 0.5) is 11.6 Å². The van der Waals surface area contributed by atoms with Crippen LogP contribution in [0, 0.1) is 10.1 Å². The molecule has 1 aliphatic heterocycles. The zero-order valence-corrected chi connectivity index (χ0v) is 13.6. The third-order valence-electron chi connectivity index (χ3n) is 4.21. The fourth-order valence-corrected chi connectivity index (χ4v) is 3.78. The molecule has 0 aliphatic carbocycles. The molecule has 124 valence electrons. The number of nitrogens with one attached hydrogen (secondary N) is 1. The van der Waals surface area contributed by atoms with Crippen molar-refractivity contribution in [2.24, 2.45) is 0 Å². The van der Waals surface area contributed by atoms with Crippen molar-refractivity contribution in [2.45, 2.75) is 25.0 Å². The molecule has 0 spiro atoms. The van der Waals surface area contributed by atoms with E-state index >= 15 is 0 Å². The second-order valence-electron chi connectivity index (χ2n) is 5.73. The Kier molecular flexibility index (Phi) is 3.91. The van der Waals surface area contributed by atoms with E-state index in [2.05, 4.69) is 10.3 Å². The number of anilines is 1. The van der Waals surface area contributed by atoms with Gasteiger partial charge in [0.2, 0.25) is 5.82 Å². The SMILES string of the molecule is O=[N+]([O-])c1c(NC2CCOC(c3ccccc3)C2)nc2sccn12. The molecule has 24 heavy (non-hydrogen) atoms. The van der Waals surface area contributed by atoms with E-state index in [9.17, 15) is 10.1 Å². The first-order chi connectivity index (χ1) is 11.7. The molecule has 2 atom stereocenters. The lowest BCUT2D eigenvalue weighted by molar-refractivity contribution is -0.389. The number of nitro groups is 1. The first-order valence-electron chi connectivity index (χ1n) is 7.75. The molecule has 3 aromatic rings. The molecule has 1 aliphatic rings. The summed E-state index contributed by atoms with van der Waals surface area (Å²) in [7, 11) is 0. The number of ether oxygens (including phenoxy) is 1. The molecule has 8 heteroatoms. The molecule has 1 N–H and O–H groups in total. The summed E-state index contributed by atoms with van der Waals surface area (Å²) in [6.45, 7) is 0.618. The summed E-state index contributed by atoms with van der Waals surface area (Å²) in [5, 5.41) is 16.5. The number of hydrogen-bond acceptors (Lipinski definition) is 6. The van der Waals surface area contributed by atoms with Crippen LogP contribution in [0.25, 0.3) is 4.96 Å². The summed E-state index contributed by atoms with van der Waals surface area (Å²) < 4.78 is 7.37. The van der Waals surface area contributed by atoms with Gasteiger partial charge in [-0.25, -0.2) is 0 Å². The maximum Gasteiger partial charge on any atom is 0.372 e. The predicted octanol–water partition coefficient (Wildman–Crippen LogP) is 3.64. The second kappa shape index (κ2) is 6.21. The summed E-state index contributed by atoms with van der Waals surface area (Å²) >= 11 is 1.38. The number of imidazole rings is 1. The predicted molar refractivity (Wildman–Crippen MR) is 91.5 cm³/mol. The molecule has 2 aromatic heterocycles. The van der Waals surface area contributed by atoms with Crippen LogP contribution in [0.3, 0.4) is 0 Å². The molecule has 1 fully saturated rings. The number of aromatic nitrogens is 2. The lowest BCUT2D eigenvalue weighted by Crippen LogP contribution is -2.30. The van der Waals surface area contributed by atoms with Gasteiger partial charge in [0, 0.05) is 18.0 Å². The van der Waals surface area contributed by atoms with E-state index in [1.54, 1.807) is 11.6 Å². The maximum atomic E-state index is 11.4. The van der Waals surface area contributed by atoms with Crippen molar-refractivity contribution in [3.8, 4) is 0 Å². The van der Waals surface area contributed by atoms with Crippen LogP contribution in [0.15, 0.2) is 41.9 Å². The molecule has 0 bridgehead atoms. The van der Waals surface area contributed by atoms with Crippen LogP contribution in [-0.4, -0.2) is 27.0 Å². The summed E-state index contributed by atoms with van der Waals surface area (Å²) in [5.41, 5.74) is 1.13. The van der Waals surface area contributed by atoms with Crippen LogP contribution >= 0.6 is 11.3 Å². The van der Waals surface area contributed by atoms with Crippen LogP contribution in [0.2, 0.25) is 0 Å². The molecule has 1 aromatic carbocycles. The monoisotopic (exact) mass is 344 g/mol. The zero-order chi connectivity index (χ0) is 16.5. The van der Waals surface area contributed by atoms with Crippen LogP contribution in [0.1, 0.15) is 24.5 Å². The highest BCUT2D eigenvalue weighted by Crippen LogP contribution is 2.33. The minimum atomic E-state index is -0.386. The second-order valence-corrected chi connectivity index (χ2v) is 6.61. The third kappa shape index (κ3) is 2.74. The summed E-state index contributed by atoms with van der Waals surface area (Å²) in [6.07, 6.45) is 3.23. The van der Waals surface area contributed by atoms with Crippen LogP contribution < -0.4 is 5.32 Å². The lowest BCUT2D eigenvalue weighted by Gasteiger charge is -2.30. The summed E-state index contributed by atoms with van der Waals surface area (Å²) in [5.74, 6) is 0.333. The van der Waals surface area contributed by atoms with E-state index in [-0.39, 0.29) is 22.9 Å². The molecular weight excluding hydrogens is 328 g/mol. The van der Waals surface area contributed by atoms with Crippen molar-refractivity contribution in [3.05, 3.63) is 57.6 Å². The first-order valence-corrected chi connectivity index (χ1v) is 8.63. The Morgan fingerprint density at radius 3 is 3.00 bits per heavy atom. The summed E-state index contributed by atoms with van der Waals surface area (Å²) in [6, 6.07) is 10.1. The van der Waals surface area contributed by atoms with E-state index in [4.69, 9.17) is 4.74 Å². The van der Waals surface area contributed by atoms with Crippen molar-refractivity contribution in [1.29, 1.82) is 0 Å². The molecule has 0 saturated carbocycles. The van der Waals surface area contributed by atoms with E-state index in [0.717, 1.165) is 18.4 Å². The van der Waals surface area contributed by atoms with Gasteiger partial charge in [0.05, 0.1) is 6.10 Å². The normalized spacial score (nSPS) is 21.0. The topological polar surface area (TPSA) is 81.7 Å². The highest BCUT2D eigenvalue weighted by molar-refractivity contribution is 7.15. The van der Waals surface area contributed by atoms with Gasteiger partial charge in [0.15, 0.2) is 0 Å². The number of hydrogen-bond donors (Lipinski definition) is 1. The molecule has 7 nitrogen and oxygen atoms in total. The highest BCUT2D eigenvalue weighted by Gasteiger charge is 2.29. The van der Waals surface area contributed by atoms with Gasteiger partial charge < -0.3 is 20.2 Å². The van der Waals surface area contributed by atoms with Gasteiger partial charge in [-0.1, -0.05) is 41.7 Å². The Balaban J connectivity index is 1.56. The Morgan fingerprint density at radius 2 is 2.21 bits per heavy atom. The standard InChI is InChI=1S/C16H16N4O3S/c21-20(22)15-14(18-16-19(15)7-9-24-16)17-12-6-8-23-13(10-12)11-4-2-1-3-5-11/h1-5,7,9,12-13,17H,6,8,10H2. The molecular formula is C16H16N4O3S. The zero-order valence-electron chi connectivity index (χ0n) is 12.8. The average Bonchev–Trinajstić information content (AvgIpc) is 3.16. The van der Waals surface area contributed by atoms with Crippen molar-refractivity contribution in [3.63, 3.8) is 0 Å². The van der Waals surface area contributed by atoms with Gasteiger partial charge in [-0.05, 0) is 23.3 Å². The average molecular weight is 344 g/mol. The lowest BCUT2D eigenvalue weighted by atomic mass is 9.97. The smallest absolute Gasteiger partial charge is 0.372 e. The Morgan fingerprint density at radius 1 is 1.38 bits per heavy atom. The van der Waals surface area contributed by atoms with Crippen molar-refractivity contribution < 1.29 is 9.66 Å². The molecule has 4 rings (SSSR count). The Hall–Kier alpha value is -2.45. The Bertz CT molecular complexity index is 861. The van der Waals surface area contributed by atoms with Crippen molar-refractivity contribution in [1.82, 2.24) is 9.38 Å². The summed E-state index contributed by atoms with van der Waals surface area (Å²) in [4.78, 5) is 16.0. The minimum Gasteiger partial charge on any atom is -0.373 e. The number of thiazole rings is 1. The van der Waals surface area contributed by atoms with Crippen LogP contribution in [-0.2, 0) is 4.74 Å². The number of fused-ring (bicyclic) bond motifs is 1. The quantitative estimate of drug-likeness (QED) is 0.577.